The molecule has 1 amide bonds. The Bertz CT molecular complexity index is 1160. The number of nitrogens with zero attached hydrogens (tertiary/aromatic N) is 1. The van der Waals surface area contributed by atoms with Crippen LogP contribution in [0, 0.1) is 11.8 Å². The van der Waals surface area contributed by atoms with Crippen LogP contribution in [-0.4, -0.2) is 57.6 Å². The van der Waals surface area contributed by atoms with Crippen molar-refractivity contribution in [3.05, 3.63) is 45.4 Å². The Morgan fingerprint density at radius 2 is 1.88 bits per heavy atom. The van der Waals surface area contributed by atoms with Crippen LogP contribution < -0.4 is 10.6 Å². The number of anilines is 1. The van der Waals surface area contributed by atoms with Gasteiger partial charge in [-0.25, -0.2) is 0 Å². The molecule has 0 spiro atoms. The van der Waals surface area contributed by atoms with Crippen molar-refractivity contribution in [1.82, 2.24) is 0 Å². The molecule has 0 saturated heterocycles. The number of primary amides is 1. The molecule has 0 fully saturated rings. The average Bonchev–Trinajstić information content (AvgIpc) is 2.72. The number of Topliss-reactive ketones (excluding diaryl/α,β-unsaturated/α-hetero) is 2. The standard InChI is InChI=1S/C24H28N2O7/c1-4-5-10-8-14(26(2)3)13-7-11-6-12-9-15(27)18(23(25)32)22(31)24(12,33)21(30)16(11)20(29)17(13)19(10)28/h8,11-12,27-28,30,33H,4-7,9H2,1-3H3,(H2,25,32)/t11-,12+,24+/m1/s1. The number of aromatic hydroxyl groups is 1. The molecule has 6 N–H and O–H groups in total. The van der Waals surface area contributed by atoms with Gasteiger partial charge in [0, 0.05) is 37.7 Å². The number of carbonyl (C=O) groups excluding carboxylic acids is 3. The van der Waals surface area contributed by atoms with E-state index in [0.29, 0.717) is 24.0 Å². The fourth-order valence-electron chi connectivity index (χ4n) is 5.58. The normalized spacial score (nSPS) is 26.7. The van der Waals surface area contributed by atoms with E-state index in [4.69, 9.17) is 5.73 Å². The number of hydrogen-bond donors (Lipinski definition) is 5. The first-order valence-electron chi connectivity index (χ1n) is 11.0. The number of ketones is 2. The Hall–Kier alpha value is -3.33. The molecule has 0 unspecified atom stereocenters. The van der Waals surface area contributed by atoms with E-state index < -0.39 is 52.0 Å². The number of amides is 1. The summed E-state index contributed by atoms with van der Waals surface area (Å²) >= 11 is 0. The lowest BCUT2D eigenvalue weighted by Crippen LogP contribution is -2.57. The summed E-state index contributed by atoms with van der Waals surface area (Å²) in [6.45, 7) is 1.95. The molecule has 1 aromatic carbocycles. The summed E-state index contributed by atoms with van der Waals surface area (Å²) in [5.74, 6) is -6.10. The van der Waals surface area contributed by atoms with Crippen LogP contribution in [0.3, 0.4) is 0 Å². The van der Waals surface area contributed by atoms with Crippen molar-refractivity contribution < 1.29 is 34.8 Å². The number of aryl methyl sites for hydroxylation is 1. The summed E-state index contributed by atoms with van der Waals surface area (Å²) in [7, 11) is 3.67. The van der Waals surface area contributed by atoms with E-state index in [2.05, 4.69) is 0 Å². The molecule has 33 heavy (non-hydrogen) atoms. The highest BCUT2D eigenvalue weighted by Crippen LogP contribution is 2.52. The molecule has 0 heterocycles. The monoisotopic (exact) mass is 456 g/mol. The Labute approximate surface area is 190 Å². The third-order valence-electron chi connectivity index (χ3n) is 7.12. The highest BCUT2D eigenvalue weighted by Gasteiger charge is 2.59. The van der Waals surface area contributed by atoms with E-state index in [1.165, 1.54) is 0 Å². The van der Waals surface area contributed by atoms with Gasteiger partial charge in [0.2, 0.25) is 5.78 Å². The molecule has 0 radical (unpaired) electrons. The van der Waals surface area contributed by atoms with Gasteiger partial charge in [-0.1, -0.05) is 13.3 Å². The summed E-state index contributed by atoms with van der Waals surface area (Å²) in [5, 5.41) is 43.6. The molecule has 9 nitrogen and oxygen atoms in total. The van der Waals surface area contributed by atoms with Gasteiger partial charge >= 0.3 is 0 Å². The van der Waals surface area contributed by atoms with E-state index >= 15 is 0 Å². The smallest absolute Gasteiger partial charge is 0.255 e. The topological polar surface area (TPSA) is 161 Å². The summed E-state index contributed by atoms with van der Waals surface area (Å²) in [6, 6.07) is 1.86. The zero-order chi connectivity index (χ0) is 24.4. The number of carbonyl (C=O) groups is 3. The van der Waals surface area contributed by atoms with Crippen molar-refractivity contribution in [2.75, 3.05) is 19.0 Å². The molecule has 0 bridgehead atoms. The minimum Gasteiger partial charge on any atom is -0.511 e. The third kappa shape index (κ3) is 3.06. The number of allylic oxidation sites excluding steroid dienone is 2. The number of aliphatic hydroxyl groups excluding tert-OH is 2. The van der Waals surface area contributed by atoms with Crippen molar-refractivity contribution in [2.24, 2.45) is 17.6 Å². The lowest BCUT2D eigenvalue weighted by atomic mass is 9.60. The highest BCUT2D eigenvalue weighted by molar-refractivity contribution is 6.24. The second-order valence-corrected chi connectivity index (χ2v) is 9.31. The van der Waals surface area contributed by atoms with Gasteiger partial charge < -0.3 is 31.1 Å². The fourth-order valence-corrected chi connectivity index (χ4v) is 5.58. The molecule has 0 aliphatic heterocycles. The maximum atomic E-state index is 13.6. The summed E-state index contributed by atoms with van der Waals surface area (Å²) in [6.07, 6.45) is 1.45. The van der Waals surface area contributed by atoms with E-state index in [1.54, 1.807) is 0 Å². The summed E-state index contributed by atoms with van der Waals surface area (Å²) in [5.41, 5.74) is 3.81. The minimum absolute atomic E-state index is 0.0567. The first-order chi connectivity index (χ1) is 15.4. The first kappa shape index (κ1) is 22.8. The summed E-state index contributed by atoms with van der Waals surface area (Å²) < 4.78 is 0. The molecule has 0 aromatic heterocycles. The maximum absolute atomic E-state index is 13.6. The molecule has 3 aliphatic rings. The number of phenolic OH excluding ortho intramolecular Hbond substituents is 1. The Morgan fingerprint density at radius 3 is 2.45 bits per heavy atom. The number of benzene rings is 1. The van der Waals surface area contributed by atoms with Crippen molar-refractivity contribution in [3.8, 4) is 5.75 Å². The number of nitrogens with two attached hydrogens (primary N) is 1. The van der Waals surface area contributed by atoms with Crippen LogP contribution in [0.2, 0.25) is 0 Å². The lowest BCUT2D eigenvalue weighted by molar-refractivity contribution is -0.144. The molecule has 3 aliphatic carbocycles. The quantitative estimate of drug-likeness (QED) is 0.427. The lowest BCUT2D eigenvalue weighted by Gasteiger charge is -2.46. The van der Waals surface area contributed by atoms with Crippen molar-refractivity contribution in [3.63, 3.8) is 0 Å². The first-order valence-corrected chi connectivity index (χ1v) is 11.0. The van der Waals surface area contributed by atoms with Gasteiger partial charge in [0.25, 0.3) is 5.91 Å². The van der Waals surface area contributed by atoms with E-state index in [1.807, 2.05) is 32.0 Å². The minimum atomic E-state index is -2.55. The average molecular weight is 456 g/mol. The van der Waals surface area contributed by atoms with Crippen LogP contribution in [0.4, 0.5) is 5.69 Å². The van der Waals surface area contributed by atoms with E-state index in [9.17, 15) is 34.8 Å². The number of aliphatic hydroxyl groups is 3. The summed E-state index contributed by atoms with van der Waals surface area (Å²) in [4.78, 5) is 40.2. The molecular weight excluding hydrogens is 428 g/mol. The van der Waals surface area contributed by atoms with Crippen LogP contribution in [0.1, 0.15) is 47.7 Å². The van der Waals surface area contributed by atoms with Gasteiger partial charge in [-0.2, -0.15) is 0 Å². The fraction of sp³-hybridized carbons (Fsp3) is 0.458. The zero-order valence-corrected chi connectivity index (χ0v) is 18.8. The Morgan fingerprint density at radius 1 is 1.21 bits per heavy atom. The van der Waals surface area contributed by atoms with E-state index in [0.717, 1.165) is 12.1 Å². The van der Waals surface area contributed by atoms with Crippen molar-refractivity contribution in [2.45, 2.75) is 44.6 Å². The second-order valence-electron chi connectivity index (χ2n) is 9.31. The van der Waals surface area contributed by atoms with Crippen molar-refractivity contribution >= 4 is 23.2 Å². The molecule has 9 heteroatoms. The Balaban J connectivity index is 1.93. The van der Waals surface area contributed by atoms with Crippen LogP contribution >= 0.6 is 0 Å². The third-order valence-corrected chi connectivity index (χ3v) is 7.12. The van der Waals surface area contributed by atoms with Gasteiger partial charge in [-0.3, -0.25) is 14.4 Å². The number of fused-ring (bicyclic) bond motifs is 3. The maximum Gasteiger partial charge on any atom is 0.255 e. The Kier molecular flexibility index (Phi) is 5.28. The number of phenols is 1. The van der Waals surface area contributed by atoms with Gasteiger partial charge in [-0.15, -0.1) is 0 Å². The number of hydrogen-bond acceptors (Lipinski definition) is 8. The van der Waals surface area contributed by atoms with Crippen molar-refractivity contribution in [1.29, 1.82) is 0 Å². The number of rotatable bonds is 4. The zero-order valence-electron chi connectivity index (χ0n) is 18.8. The molecule has 0 saturated carbocycles. The van der Waals surface area contributed by atoms with Gasteiger partial charge in [-0.05, 0) is 42.4 Å². The van der Waals surface area contributed by atoms with Gasteiger partial charge in [0.1, 0.15) is 22.8 Å². The molecule has 4 rings (SSSR count). The van der Waals surface area contributed by atoms with Gasteiger partial charge in [0.15, 0.2) is 11.4 Å². The van der Waals surface area contributed by atoms with Crippen LogP contribution in [-0.2, 0) is 22.4 Å². The predicted molar refractivity (Wildman–Crippen MR) is 119 cm³/mol. The second kappa shape index (κ2) is 7.62. The van der Waals surface area contributed by atoms with Crippen LogP contribution in [0.15, 0.2) is 28.7 Å². The van der Waals surface area contributed by atoms with Crippen LogP contribution in [0.25, 0.3) is 0 Å². The molecule has 3 atom stereocenters. The SMILES string of the molecule is CCCc1cc(N(C)C)c2c(c1O)C(=O)C1=C(O)[C@]3(O)C(=O)C(C(N)=O)=C(O)C[C@@H]3C[C@@H]1C2. The van der Waals surface area contributed by atoms with Gasteiger partial charge in [0.05, 0.1) is 5.56 Å². The highest BCUT2D eigenvalue weighted by atomic mass is 16.3. The largest absolute Gasteiger partial charge is 0.511 e. The molecular formula is C24H28N2O7. The predicted octanol–water partition coefficient (Wildman–Crippen LogP) is 1.60. The molecule has 176 valence electrons. The van der Waals surface area contributed by atoms with Crippen LogP contribution in [0.5, 0.6) is 5.75 Å². The molecule has 1 aromatic rings. The van der Waals surface area contributed by atoms with E-state index in [-0.39, 0.29) is 29.7 Å².